The number of benzene rings is 2. The third-order valence-corrected chi connectivity index (χ3v) is 3.49. The van der Waals surface area contributed by atoms with Gasteiger partial charge in [-0.25, -0.2) is 0 Å². The predicted octanol–water partition coefficient (Wildman–Crippen LogP) is 5.21. The second kappa shape index (κ2) is 7.16. The van der Waals surface area contributed by atoms with E-state index >= 15 is 0 Å². The Morgan fingerprint density at radius 1 is 1.28 bits per heavy atom. The molecule has 0 atom stereocenters. The molecule has 0 radical (unpaired) electrons. The summed E-state index contributed by atoms with van der Waals surface area (Å²) in [6, 6.07) is 5.41. The number of hydrogen-bond acceptors (Lipinski definition) is 4. The number of carbonyl (C=O) groups excluding carboxylic acids is 1. The highest BCUT2D eigenvalue weighted by atomic mass is 35.5. The summed E-state index contributed by atoms with van der Waals surface area (Å²) in [7, 11) is 0. The first-order valence-corrected chi connectivity index (χ1v) is 7.15. The molecule has 0 fully saturated rings. The van der Waals surface area contributed by atoms with Gasteiger partial charge in [-0.05, 0) is 18.2 Å². The fourth-order valence-corrected chi connectivity index (χ4v) is 2.32. The number of nitrogens with zero attached hydrogens (tertiary/aromatic N) is 2. The zero-order valence-corrected chi connectivity index (χ0v) is 13.7. The largest absolute Gasteiger partial charge is 0.452 e. The van der Waals surface area contributed by atoms with Crippen LogP contribution in [0, 0.1) is 21.7 Å². The summed E-state index contributed by atoms with van der Waals surface area (Å²) in [5.41, 5.74) is -2.92. The summed E-state index contributed by atoms with van der Waals surface area (Å²) in [6.07, 6.45) is 0. The summed E-state index contributed by atoms with van der Waals surface area (Å²) in [5, 5.41) is 9.39. The number of amides is 1. The fraction of sp³-hybridized carbons (Fsp3) is 0.0714. The molecule has 0 N–H and O–H groups in total. The van der Waals surface area contributed by atoms with Crippen LogP contribution in [0.15, 0.2) is 24.3 Å². The number of anilines is 1. The van der Waals surface area contributed by atoms with E-state index in [4.69, 9.17) is 27.9 Å². The van der Waals surface area contributed by atoms with Crippen LogP contribution in [-0.2, 0) is 4.79 Å². The average molecular weight is 395 g/mol. The van der Waals surface area contributed by atoms with Gasteiger partial charge in [0.1, 0.15) is 10.8 Å². The number of nitro benzene ring substituents is 1. The molecule has 0 bridgehead atoms. The minimum atomic E-state index is -2.04. The van der Waals surface area contributed by atoms with E-state index in [1.807, 2.05) is 0 Å². The second-order valence-electron chi connectivity index (χ2n) is 4.58. The van der Waals surface area contributed by atoms with E-state index < -0.39 is 49.7 Å². The summed E-state index contributed by atoms with van der Waals surface area (Å²) in [4.78, 5) is 20.7. The molecule has 0 aliphatic heterocycles. The number of ether oxygens (including phenoxy) is 1. The molecule has 0 heterocycles. The molecule has 0 aromatic heterocycles. The average Bonchev–Trinajstić information content (AvgIpc) is 2.53. The van der Waals surface area contributed by atoms with Gasteiger partial charge in [-0.1, -0.05) is 33.7 Å². The van der Waals surface area contributed by atoms with Gasteiger partial charge in [-0.15, -0.1) is 5.12 Å². The van der Waals surface area contributed by atoms with Crippen LogP contribution < -0.4 is 9.86 Å². The van der Waals surface area contributed by atoms with Gasteiger partial charge in [0.25, 0.3) is 5.91 Å². The smallest absolute Gasteiger partial charge is 0.335 e. The van der Waals surface area contributed by atoms with Crippen molar-refractivity contribution < 1.29 is 27.7 Å². The van der Waals surface area contributed by atoms with Crippen LogP contribution in [0.4, 0.5) is 24.6 Å². The van der Waals surface area contributed by atoms with E-state index in [-0.39, 0.29) is 10.8 Å². The van der Waals surface area contributed by atoms with E-state index in [1.165, 1.54) is 24.3 Å². The van der Waals surface area contributed by atoms with Crippen LogP contribution in [0.1, 0.15) is 6.92 Å². The van der Waals surface area contributed by atoms with Crippen molar-refractivity contribution in [1.82, 2.24) is 0 Å². The highest BCUT2D eigenvalue weighted by molar-refractivity contribution is 6.36. The molecule has 6 nitrogen and oxygen atoms in total. The standard InChI is InChI=1S/C14H7Cl2F3N2O4/c1-6(22)20(19)12-9(16)14(11(18)10(17)13(12)21(23)24)25-8-4-2-3-7(15)5-8/h2-5H,1H3. The SMILES string of the molecule is CC(=O)N(F)c1c(Cl)c(Oc2cccc(Cl)c2)c(F)c(F)c1[N+](=O)[O-]. The van der Waals surface area contributed by atoms with Crippen molar-refractivity contribution in [3.63, 3.8) is 0 Å². The molecule has 1 amide bonds. The normalized spacial score (nSPS) is 10.5. The first kappa shape index (κ1) is 18.8. The topological polar surface area (TPSA) is 72.7 Å². The van der Waals surface area contributed by atoms with E-state index in [0.29, 0.717) is 6.92 Å². The van der Waals surface area contributed by atoms with E-state index in [1.54, 1.807) is 0 Å². The monoisotopic (exact) mass is 394 g/mol. The van der Waals surface area contributed by atoms with Crippen molar-refractivity contribution in [3.8, 4) is 11.5 Å². The Hall–Kier alpha value is -2.52. The van der Waals surface area contributed by atoms with Crippen molar-refractivity contribution in [2.24, 2.45) is 0 Å². The summed E-state index contributed by atoms with van der Waals surface area (Å²) in [6.45, 7) is 0.707. The Balaban J connectivity index is 2.73. The quantitative estimate of drug-likeness (QED) is 0.308. The van der Waals surface area contributed by atoms with Crippen LogP contribution in [0.25, 0.3) is 0 Å². The van der Waals surface area contributed by atoms with E-state index in [0.717, 1.165) is 0 Å². The third kappa shape index (κ3) is 3.62. The maximum Gasteiger partial charge on any atom is 0.335 e. The van der Waals surface area contributed by atoms with Gasteiger partial charge in [0, 0.05) is 11.9 Å². The van der Waals surface area contributed by atoms with Gasteiger partial charge in [0.15, 0.2) is 11.4 Å². The molecule has 0 saturated carbocycles. The van der Waals surface area contributed by atoms with Gasteiger partial charge >= 0.3 is 5.69 Å². The molecule has 0 saturated heterocycles. The van der Waals surface area contributed by atoms with Gasteiger partial charge in [-0.3, -0.25) is 14.9 Å². The molecular formula is C14H7Cl2F3N2O4. The predicted molar refractivity (Wildman–Crippen MR) is 83.8 cm³/mol. The number of nitro groups is 1. The lowest BCUT2D eigenvalue weighted by atomic mass is 10.2. The Morgan fingerprint density at radius 3 is 2.44 bits per heavy atom. The first-order chi connectivity index (χ1) is 11.6. The number of rotatable bonds is 4. The Kier molecular flexibility index (Phi) is 5.39. The highest BCUT2D eigenvalue weighted by Crippen LogP contribution is 2.47. The first-order valence-electron chi connectivity index (χ1n) is 6.39. The van der Waals surface area contributed by atoms with Crippen LogP contribution in [0.2, 0.25) is 10.0 Å². The number of halogens is 5. The van der Waals surface area contributed by atoms with Crippen LogP contribution in [0.5, 0.6) is 11.5 Å². The van der Waals surface area contributed by atoms with Gasteiger partial charge in [-0.2, -0.15) is 8.78 Å². The van der Waals surface area contributed by atoms with Crippen LogP contribution in [-0.4, -0.2) is 10.8 Å². The molecule has 2 rings (SSSR count). The molecule has 2 aromatic rings. The lowest BCUT2D eigenvalue weighted by molar-refractivity contribution is -0.387. The lowest BCUT2D eigenvalue weighted by Crippen LogP contribution is -2.21. The molecule has 2 aromatic carbocycles. The zero-order chi connectivity index (χ0) is 18.9. The minimum absolute atomic E-state index is 0.0965. The molecule has 0 aliphatic rings. The van der Waals surface area contributed by atoms with Crippen molar-refractivity contribution in [3.05, 3.63) is 56.1 Å². The Bertz CT molecular complexity index is 880. The molecular weight excluding hydrogens is 388 g/mol. The molecule has 11 heteroatoms. The number of carbonyl (C=O) groups is 1. The maximum absolute atomic E-state index is 14.2. The minimum Gasteiger partial charge on any atom is -0.452 e. The fourth-order valence-electron chi connectivity index (χ4n) is 1.86. The maximum atomic E-state index is 14.2. The van der Waals surface area contributed by atoms with Crippen LogP contribution >= 0.6 is 23.2 Å². The van der Waals surface area contributed by atoms with Crippen molar-refractivity contribution in [2.75, 3.05) is 5.12 Å². The summed E-state index contributed by atoms with van der Waals surface area (Å²) >= 11 is 11.5. The molecule has 0 unspecified atom stereocenters. The second-order valence-corrected chi connectivity index (χ2v) is 5.40. The van der Waals surface area contributed by atoms with E-state index in [2.05, 4.69) is 0 Å². The van der Waals surface area contributed by atoms with Crippen molar-refractivity contribution >= 4 is 40.5 Å². The molecule has 0 spiro atoms. The van der Waals surface area contributed by atoms with Crippen molar-refractivity contribution in [1.29, 1.82) is 0 Å². The molecule has 25 heavy (non-hydrogen) atoms. The summed E-state index contributed by atoms with van der Waals surface area (Å²) in [5.74, 6) is -6.33. The van der Waals surface area contributed by atoms with Gasteiger partial charge in [0.2, 0.25) is 11.6 Å². The van der Waals surface area contributed by atoms with Crippen LogP contribution in [0.3, 0.4) is 0 Å². The third-order valence-electron chi connectivity index (χ3n) is 2.90. The van der Waals surface area contributed by atoms with E-state index in [9.17, 15) is 28.2 Å². The Morgan fingerprint density at radius 2 is 1.92 bits per heavy atom. The van der Waals surface area contributed by atoms with Gasteiger partial charge < -0.3 is 4.74 Å². The summed E-state index contributed by atoms with van der Waals surface area (Å²) < 4.78 is 47.3. The molecule has 0 aliphatic carbocycles. The number of hydrogen-bond donors (Lipinski definition) is 0. The Labute approximate surface area is 148 Å². The zero-order valence-electron chi connectivity index (χ0n) is 12.2. The highest BCUT2D eigenvalue weighted by Gasteiger charge is 2.37. The van der Waals surface area contributed by atoms with Crippen molar-refractivity contribution in [2.45, 2.75) is 6.92 Å². The van der Waals surface area contributed by atoms with Gasteiger partial charge in [0.05, 0.1) is 4.92 Å². The molecule has 132 valence electrons. The lowest BCUT2D eigenvalue weighted by Gasteiger charge is -2.16.